The zero-order valence-corrected chi connectivity index (χ0v) is 26.5. The topological polar surface area (TPSA) is 113 Å². The van der Waals surface area contributed by atoms with Crippen molar-refractivity contribution in [2.75, 3.05) is 0 Å². The molecular formula is C34H54O7. The average Bonchev–Trinajstić information content (AvgIpc) is 3.15. The summed E-state index contributed by atoms with van der Waals surface area (Å²) in [7, 11) is 0. The maximum atomic E-state index is 13.2. The zero-order valence-electron chi connectivity index (χ0n) is 26.5. The summed E-state index contributed by atoms with van der Waals surface area (Å²) < 4.78 is 11.6. The molecule has 0 radical (unpaired) electrons. The number of rotatable bonds is 7. The molecule has 12 atom stereocenters. The smallest absolute Gasteiger partial charge is 0.338 e. The van der Waals surface area contributed by atoms with Gasteiger partial charge in [0.05, 0.1) is 12.0 Å². The van der Waals surface area contributed by atoms with Crippen molar-refractivity contribution in [2.45, 2.75) is 130 Å². The van der Waals surface area contributed by atoms with Crippen LogP contribution in [0.1, 0.15) is 100 Å². The van der Waals surface area contributed by atoms with E-state index in [1.54, 1.807) is 13.8 Å². The van der Waals surface area contributed by atoms with Gasteiger partial charge in [0.25, 0.3) is 0 Å². The summed E-state index contributed by atoms with van der Waals surface area (Å²) in [4.78, 5) is 25.8. The molecule has 4 rings (SSSR count). The van der Waals surface area contributed by atoms with Gasteiger partial charge in [-0.15, -0.1) is 0 Å². The van der Waals surface area contributed by atoms with Crippen LogP contribution in [0, 0.1) is 46.8 Å². The van der Waals surface area contributed by atoms with Gasteiger partial charge in [-0.3, -0.25) is 4.79 Å². The fourth-order valence-electron chi connectivity index (χ4n) is 9.21. The number of carbonyl (C=O) groups excluding carboxylic acids is 2. The molecule has 0 amide bonds. The van der Waals surface area contributed by atoms with E-state index >= 15 is 0 Å². The zero-order chi connectivity index (χ0) is 30.7. The molecule has 1 saturated heterocycles. The van der Waals surface area contributed by atoms with Crippen molar-refractivity contribution in [2.24, 2.45) is 46.8 Å². The highest BCUT2D eigenvalue weighted by atomic mass is 16.6. The largest absolute Gasteiger partial charge is 0.462 e. The van der Waals surface area contributed by atoms with Crippen molar-refractivity contribution in [3.8, 4) is 0 Å². The second kappa shape index (κ2) is 11.4. The average molecular weight is 575 g/mol. The number of hydrogen-bond acceptors (Lipinski definition) is 7. The van der Waals surface area contributed by atoms with Crippen molar-refractivity contribution in [1.29, 1.82) is 0 Å². The molecule has 1 aliphatic heterocycles. The number of aliphatic hydroxyl groups excluding tert-OH is 1. The van der Waals surface area contributed by atoms with Crippen LogP contribution in [0.25, 0.3) is 0 Å². The van der Waals surface area contributed by atoms with E-state index in [2.05, 4.69) is 54.2 Å². The van der Waals surface area contributed by atoms with Crippen LogP contribution >= 0.6 is 0 Å². The third kappa shape index (κ3) is 5.80. The maximum absolute atomic E-state index is 13.2. The van der Waals surface area contributed by atoms with Crippen molar-refractivity contribution in [1.82, 2.24) is 0 Å². The summed E-state index contributed by atoms with van der Waals surface area (Å²) in [6.07, 6.45) is 3.98. The molecule has 3 fully saturated rings. The Hall–Kier alpha value is -1.70. The van der Waals surface area contributed by atoms with E-state index in [9.17, 15) is 24.9 Å². The lowest BCUT2D eigenvalue weighted by Gasteiger charge is -2.54. The first-order valence-electron chi connectivity index (χ1n) is 15.8. The van der Waals surface area contributed by atoms with Gasteiger partial charge >= 0.3 is 11.9 Å². The lowest BCUT2D eigenvalue weighted by Crippen LogP contribution is -2.63. The first-order chi connectivity index (χ1) is 18.9. The Morgan fingerprint density at radius 2 is 1.90 bits per heavy atom. The van der Waals surface area contributed by atoms with E-state index < -0.39 is 35.3 Å². The number of carbonyl (C=O) groups is 2. The molecular weight excluding hydrogens is 520 g/mol. The quantitative estimate of drug-likeness (QED) is 0.277. The number of allylic oxidation sites excluding steroid dienone is 2. The van der Waals surface area contributed by atoms with Crippen molar-refractivity contribution >= 4 is 11.9 Å². The minimum Gasteiger partial charge on any atom is -0.462 e. The van der Waals surface area contributed by atoms with E-state index in [1.807, 2.05) is 0 Å². The van der Waals surface area contributed by atoms with Crippen molar-refractivity contribution in [3.05, 3.63) is 23.8 Å². The summed E-state index contributed by atoms with van der Waals surface area (Å²) in [5.41, 5.74) is -1.19. The lowest BCUT2D eigenvalue weighted by molar-refractivity contribution is -0.209. The number of fused-ring (bicyclic) bond motifs is 3. The molecule has 0 unspecified atom stereocenters. The van der Waals surface area contributed by atoms with Gasteiger partial charge in [0.15, 0.2) is 6.10 Å². The molecule has 232 valence electrons. The van der Waals surface area contributed by atoms with Gasteiger partial charge in [-0.05, 0) is 93.5 Å². The highest BCUT2D eigenvalue weighted by molar-refractivity contribution is 5.78. The van der Waals surface area contributed by atoms with Gasteiger partial charge in [0, 0.05) is 11.8 Å². The molecule has 4 aliphatic rings. The second-order valence-corrected chi connectivity index (χ2v) is 15.0. The standard InChI is InChI=1S/C34H54O7/c1-10-19(4)14-33(9,38)17-28(35)41-27-16-32(8)15-24-20(5)11-12-25-22(7)40-31(37)30(36)34(25,39)21(6)23(24)13-26(32)29(27)18(2)3/h11,18-19,22-27,29-30,36,38-39H,6,10,12-17H2,1-5,7-9H3/b20-11-/t19-,22-,23+,24+,25-,26-,27+,29+,30+,32-,33+,34+/m0/s1. The van der Waals surface area contributed by atoms with Crippen molar-refractivity contribution < 1.29 is 34.4 Å². The molecule has 3 aliphatic carbocycles. The first kappa shape index (κ1) is 32.2. The summed E-state index contributed by atoms with van der Waals surface area (Å²) in [6.45, 7) is 20.9. The molecule has 1 heterocycles. The number of hydrogen-bond donors (Lipinski definition) is 3. The molecule has 0 aromatic heterocycles. The van der Waals surface area contributed by atoms with Gasteiger partial charge in [-0.25, -0.2) is 4.79 Å². The summed E-state index contributed by atoms with van der Waals surface area (Å²) in [6, 6.07) is 0. The Balaban J connectivity index is 1.62. The molecule has 41 heavy (non-hydrogen) atoms. The fourth-order valence-corrected chi connectivity index (χ4v) is 9.21. The highest BCUT2D eigenvalue weighted by Gasteiger charge is 2.62. The highest BCUT2D eigenvalue weighted by Crippen LogP contribution is 2.63. The van der Waals surface area contributed by atoms with E-state index in [1.165, 1.54) is 5.57 Å². The van der Waals surface area contributed by atoms with Gasteiger partial charge < -0.3 is 24.8 Å². The van der Waals surface area contributed by atoms with Gasteiger partial charge in [-0.2, -0.15) is 0 Å². The molecule has 3 N–H and O–H groups in total. The van der Waals surface area contributed by atoms with Crippen LogP contribution in [0.15, 0.2) is 23.8 Å². The van der Waals surface area contributed by atoms with Crippen LogP contribution in [0.2, 0.25) is 0 Å². The van der Waals surface area contributed by atoms with E-state index in [4.69, 9.17) is 9.47 Å². The van der Waals surface area contributed by atoms with Crippen LogP contribution < -0.4 is 0 Å². The van der Waals surface area contributed by atoms with Crippen LogP contribution in [0.3, 0.4) is 0 Å². The third-order valence-corrected chi connectivity index (χ3v) is 11.5. The normalized spacial score (nSPS) is 44.2. The molecule has 7 nitrogen and oxygen atoms in total. The molecule has 0 spiro atoms. The van der Waals surface area contributed by atoms with Gasteiger partial charge in [0.2, 0.25) is 0 Å². The predicted octanol–water partition coefficient (Wildman–Crippen LogP) is 5.36. The van der Waals surface area contributed by atoms with Crippen LogP contribution in [-0.4, -0.2) is 56.8 Å². The SMILES string of the molecule is C=C1[C@H]2C[C@H]3[C@@H](C(C)C)[C@H](OC(=O)C[C@](C)(O)C[C@@H](C)CC)C[C@]3(C)C[C@@H]2/C(C)=C\C[C@H]2[C@H](C)OC(=O)[C@@H](O)[C@@]12O. The Bertz CT molecular complexity index is 1060. The third-order valence-electron chi connectivity index (χ3n) is 11.5. The maximum Gasteiger partial charge on any atom is 0.338 e. The van der Waals surface area contributed by atoms with E-state index in [-0.39, 0.29) is 53.5 Å². The molecule has 2 saturated carbocycles. The molecule has 0 aromatic rings. The number of cyclic esters (lactones) is 1. The number of aliphatic hydroxyl groups is 3. The first-order valence-corrected chi connectivity index (χ1v) is 15.8. The summed E-state index contributed by atoms with van der Waals surface area (Å²) >= 11 is 0. The molecule has 0 bridgehead atoms. The molecule has 7 heteroatoms. The monoisotopic (exact) mass is 574 g/mol. The fraction of sp³-hybridized carbons (Fsp3) is 0.824. The Labute approximate surface area is 246 Å². The van der Waals surface area contributed by atoms with Gasteiger partial charge in [-0.1, -0.05) is 59.3 Å². The van der Waals surface area contributed by atoms with Crippen LogP contribution in [0.4, 0.5) is 0 Å². The Morgan fingerprint density at radius 1 is 1.24 bits per heavy atom. The minimum atomic E-state index is -1.76. The van der Waals surface area contributed by atoms with E-state index in [0.29, 0.717) is 24.3 Å². The minimum absolute atomic E-state index is 0.0233. The Morgan fingerprint density at radius 3 is 2.51 bits per heavy atom. The summed E-state index contributed by atoms with van der Waals surface area (Å²) in [5.74, 6) is -0.766. The molecule has 0 aromatic carbocycles. The van der Waals surface area contributed by atoms with Crippen molar-refractivity contribution in [3.63, 3.8) is 0 Å². The van der Waals surface area contributed by atoms with Crippen LogP contribution in [-0.2, 0) is 19.1 Å². The van der Waals surface area contributed by atoms with Gasteiger partial charge in [0.1, 0.15) is 17.8 Å². The predicted molar refractivity (Wildman–Crippen MR) is 157 cm³/mol. The summed E-state index contributed by atoms with van der Waals surface area (Å²) in [5, 5.41) is 34.0. The second-order valence-electron chi connectivity index (χ2n) is 15.0. The lowest BCUT2D eigenvalue weighted by atomic mass is 9.53. The Kier molecular flexibility index (Phi) is 8.98. The number of ether oxygens (including phenoxy) is 2. The number of esters is 2. The van der Waals surface area contributed by atoms with Crippen LogP contribution in [0.5, 0.6) is 0 Å². The van der Waals surface area contributed by atoms with E-state index in [0.717, 1.165) is 25.7 Å².